The summed E-state index contributed by atoms with van der Waals surface area (Å²) in [6.45, 7) is 10.2. The number of rotatable bonds is 2. The van der Waals surface area contributed by atoms with Crippen molar-refractivity contribution >= 4 is 6.08 Å². The molecule has 7 atom stereocenters. The molecule has 27 heavy (non-hydrogen) atoms. The molecule has 0 aromatic heterocycles. The number of hydrogen-bond donors (Lipinski definition) is 0. The summed E-state index contributed by atoms with van der Waals surface area (Å²) in [5.41, 5.74) is 5.03. The van der Waals surface area contributed by atoms with Gasteiger partial charge in [-0.2, -0.15) is 0 Å². The lowest BCUT2D eigenvalue weighted by Gasteiger charge is -2.49. The quantitative estimate of drug-likeness (QED) is 0.505. The van der Waals surface area contributed by atoms with E-state index < -0.39 is 0 Å². The number of allylic oxidation sites excluding steroid dienone is 1. The molecule has 3 fully saturated rings. The predicted octanol–water partition coefficient (Wildman–Crippen LogP) is 7.70. The van der Waals surface area contributed by atoms with Crippen LogP contribution >= 0.6 is 0 Å². The lowest BCUT2D eigenvalue weighted by molar-refractivity contribution is 0.0225. The van der Waals surface area contributed by atoms with Gasteiger partial charge in [-0.25, -0.2) is 0 Å². The van der Waals surface area contributed by atoms with E-state index in [2.05, 4.69) is 58.0 Å². The van der Waals surface area contributed by atoms with E-state index in [4.69, 9.17) is 0 Å². The van der Waals surface area contributed by atoms with Crippen LogP contribution in [0.15, 0.2) is 29.8 Å². The van der Waals surface area contributed by atoms with Crippen LogP contribution in [0.4, 0.5) is 0 Å². The van der Waals surface area contributed by atoms with E-state index in [-0.39, 0.29) is 0 Å². The number of fused-ring (bicyclic) bond motifs is 4. The molecule has 3 saturated carbocycles. The van der Waals surface area contributed by atoms with Crippen molar-refractivity contribution in [3.05, 3.63) is 41.0 Å². The smallest absolute Gasteiger partial charge is 0.0109 e. The van der Waals surface area contributed by atoms with Gasteiger partial charge < -0.3 is 0 Å². The normalized spacial score (nSPS) is 40.9. The summed E-state index contributed by atoms with van der Waals surface area (Å²) in [7, 11) is 0. The van der Waals surface area contributed by atoms with Crippen molar-refractivity contribution in [3.63, 3.8) is 0 Å². The Morgan fingerprint density at radius 2 is 1.67 bits per heavy atom. The Morgan fingerprint density at radius 3 is 2.52 bits per heavy atom. The summed E-state index contributed by atoms with van der Waals surface area (Å²) in [6.07, 6.45) is 13.1. The highest BCUT2D eigenvalue weighted by atomic mass is 14.6. The highest BCUT2D eigenvalue weighted by molar-refractivity contribution is 5.66. The first kappa shape index (κ1) is 18.0. The lowest BCUT2D eigenvalue weighted by Crippen LogP contribution is -2.41. The van der Waals surface area contributed by atoms with Crippen molar-refractivity contribution in [3.8, 4) is 0 Å². The van der Waals surface area contributed by atoms with Crippen LogP contribution in [0, 0.1) is 40.9 Å². The zero-order valence-corrected chi connectivity index (χ0v) is 17.9. The molecule has 4 aliphatic carbocycles. The van der Waals surface area contributed by atoms with Crippen molar-refractivity contribution in [1.29, 1.82) is 0 Å². The van der Waals surface area contributed by atoms with Gasteiger partial charge in [-0.3, -0.25) is 0 Å². The third-order valence-electron chi connectivity index (χ3n) is 9.41. The van der Waals surface area contributed by atoms with Gasteiger partial charge in [-0.1, -0.05) is 75.9 Å². The molecule has 0 radical (unpaired) electrons. The van der Waals surface area contributed by atoms with E-state index in [9.17, 15) is 0 Å². The van der Waals surface area contributed by atoms with Crippen molar-refractivity contribution in [2.45, 2.75) is 78.6 Å². The van der Waals surface area contributed by atoms with Gasteiger partial charge in [0.2, 0.25) is 0 Å². The van der Waals surface area contributed by atoms with Crippen LogP contribution in [0.3, 0.4) is 0 Å². The Kier molecular flexibility index (Phi) is 4.34. The average Bonchev–Trinajstić information content (AvgIpc) is 3.17. The molecule has 0 spiro atoms. The Balaban J connectivity index is 1.48. The second kappa shape index (κ2) is 6.50. The topological polar surface area (TPSA) is 0 Å². The molecule has 0 saturated heterocycles. The fourth-order valence-electron chi connectivity index (χ4n) is 8.83. The van der Waals surface area contributed by atoms with Crippen LogP contribution in [0.2, 0.25) is 0 Å². The maximum atomic E-state index is 2.62. The minimum atomic E-state index is 0.355. The molecule has 7 unspecified atom stereocenters. The van der Waals surface area contributed by atoms with Gasteiger partial charge in [0.05, 0.1) is 0 Å². The lowest BCUT2D eigenvalue weighted by atomic mass is 9.56. The van der Waals surface area contributed by atoms with Crippen LogP contribution < -0.4 is 0 Å². The summed E-state index contributed by atoms with van der Waals surface area (Å²) in [4.78, 5) is 0. The van der Waals surface area contributed by atoms with Gasteiger partial charge >= 0.3 is 0 Å². The zero-order valence-electron chi connectivity index (χ0n) is 17.9. The van der Waals surface area contributed by atoms with Gasteiger partial charge in [0.25, 0.3) is 0 Å². The fraction of sp³-hybridized carbons (Fsp3) is 0.704. The third kappa shape index (κ3) is 2.69. The summed E-state index contributed by atoms with van der Waals surface area (Å²) < 4.78 is 0. The summed E-state index contributed by atoms with van der Waals surface area (Å²) in [6, 6.07) is 9.19. The molecule has 1 aromatic carbocycles. The molecular formula is C27H38. The molecule has 0 heterocycles. The molecule has 0 aliphatic heterocycles. The summed E-state index contributed by atoms with van der Waals surface area (Å²) in [5.74, 6) is 6.53. The molecule has 5 rings (SSSR count). The van der Waals surface area contributed by atoms with E-state index in [1.54, 1.807) is 11.1 Å². The minimum absolute atomic E-state index is 0.355. The van der Waals surface area contributed by atoms with E-state index in [0.29, 0.717) is 11.3 Å². The average molecular weight is 363 g/mol. The van der Waals surface area contributed by atoms with Crippen LogP contribution in [0.25, 0.3) is 6.08 Å². The van der Waals surface area contributed by atoms with Crippen molar-refractivity contribution in [1.82, 2.24) is 0 Å². The van der Waals surface area contributed by atoms with Crippen LogP contribution in [-0.4, -0.2) is 0 Å². The molecule has 0 amide bonds. The van der Waals surface area contributed by atoms with Crippen LogP contribution in [0.1, 0.15) is 89.7 Å². The van der Waals surface area contributed by atoms with Gasteiger partial charge in [-0.05, 0) is 84.7 Å². The van der Waals surface area contributed by atoms with Gasteiger partial charge in [0.1, 0.15) is 0 Å². The monoisotopic (exact) mass is 362 g/mol. The number of hydrogen-bond acceptors (Lipinski definition) is 0. The molecule has 146 valence electrons. The van der Waals surface area contributed by atoms with E-state index in [1.807, 2.05) is 0 Å². The van der Waals surface area contributed by atoms with Crippen molar-refractivity contribution in [2.24, 2.45) is 40.9 Å². The molecule has 4 aliphatic rings. The first-order valence-electron chi connectivity index (χ1n) is 11.8. The van der Waals surface area contributed by atoms with Crippen LogP contribution in [0.5, 0.6) is 0 Å². The largest absolute Gasteiger partial charge is 0.0647 e. The third-order valence-corrected chi connectivity index (χ3v) is 9.41. The van der Waals surface area contributed by atoms with Crippen LogP contribution in [-0.2, 0) is 0 Å². The molecule has 1 aromatic rings. The Morgan fingerprint density at radius 1 is 0.889 bits per heavy atom. The summed E-state index contributed by atoms with van der Waals surface area (Å²) in [5, 5.41) is 0. The predicted molar refractivity (Wildman–Crippen MR) is 116 cm³/mol. The Labute approximate surface area is 166 Å². The van der Waals surface area contributed by atoms with Crippen molar-refractivity contribution < 1.29 is 0 Å². The highest BCUT2D eigenvalue weighted by Crippen LogP contribution is 2.64. The van der Waals surface area contributed by atoms with Crippen molar-refractivity contribution in [2.75, 3.05) is 0 Å². The molecule has 0 heteroatoms. The van der Waals surface area contributed by atoms with Gasteiger partial charge in [-0.15, -0.1) is 0 Å². The van der Waals surface area contributed by atoms with E-state index >= 15 is 0 Å². The zero-order chi connectivity index (χ0) is 18.8. The molecular weight excluding hydrogens is 324 g/mol. The second-order valence-corrected chi connectivity index (χ2v) is 11.1. The minimum Gasteiger partial charge on any atom is -0.0647 e. The molecule has 0 bridgehead atoms. The fourth-order valence-corrected chi connectivity index (χ4v) is 8.83. The maximum absolute atomic E-state index is 2.62. The first-order chi connectivity index (χ1) is 13.0. The standard InChI is InChI=1S/C27H38/c1-17-15-20-10-6-8-12-22(20)25(17)27(3,4)26-18(2)16-24-21-11-7-5-9-19(21)13-14-23(24)26/h6,8,10,12,15,18-19,21,23-26H,5,7,9,11,13-14,16H2,1-4H3. The molecule has 0 nitrogen and oxygen atoms in total. The van der Waals surface area contributed by atoms with Gasteiger partial charge in [0.15, 0.2) is 0 Å². The molecule has 0 N–H and O–H groups in total. The number of benzene rings is 1. The maximum Gasteiger partial charge on any atom is 0.0109 e. The first-order valence-corrected chi connectivity index (χ1v) is 11.8. The Hall–Kier alpha value is -1.04. The van der Waals surface area contributed by atoms with E-state index in [0.717, 1.165) is 35.5 Å². The Bertz CT molecular complexity index is 738. The van der Waals surface area contributed by atoms with Gasteiger partial charge in [0, 0.05) is 5.92 Å². The highest BCUT2D eigenvalue weighted by Gasteiger charge is 2.55. The summed E-state index contributed by atoms with van der Waals surface area (Å²) >= 11 is 0. The second-order valence-electron chi connectivity index (χ2n) is 11.1. The van der Waals surface area contributed by atoms with E-state index in [1.165, 1.54) is 50.5 Å². The SMILES string of the molecule is CC1=Cc2ccccc2C1C(C)(C)C1C(C)CC2C3CCCCC3CCC21.